The van der Waals surface area contributed by atoms with Crippen LogP contribution < -0.4 is 14.8 Å². The fourth-order valence-electron chi connectivity index (χ4n) is 4.12. The Balaban J connectivity index is 1.42. The molecular formula is C25H30ClFN4O4. The summed E-state index contributed by atoms with van der Waals surface area (Å²) in [6.45, 7) is 5.51. The number of benzene rings is 2. The topological polar surface area (TPSA) is 89.0 Å². The highest BCUT2D eigenvalue weighted by atomic mass is 35.5. The van der Waals surface area contributed by atoms with E-state index >= 15 is 0 Å². The smallest absolute Gasteiger partial charge is 0.162 e. The van der Waals surface area contributed by atoms with E-state index in [4.69, 9.17) is 25.8 Å². The zero-order valence-corrected chi connectivity index (χ0v) is 20.6. The zero-order valence-electron chi connectivity index (χ0n) is 19.8. The molecule has 0 amide bonds. The maximum absolute atomic E-state index is 13.5. The van der Waals surface area contributed by atoms with Crippen LogP contribution in [0.3, 0.4) is 0 Å². The molecule has 4 rings (SSSR count). The number of morpholine rings is 1. The monoisotopic (exact) mass is 504 g/mol. The van der Waals surface area contributed by atoms with Crippen molar-refractivity contribution in [1.29, 1.82) is 0 Å². The Morgan fingerprint density at radius 2 is 2.14 bits per heavy atom. The minimum atomic E-state index is -0.485. The van der Waals surface area contributed by atoms with Crippen molar-refractivity contribution in [3.05, 3.63) is 47.5 Å². The van der Waals surface area contributed by atoms with E-state index in [1.165, 1.54) is 18.5 Å². The number of halogens is 2. The number of methoxy groups -OCH3 is 1. The number of nitrogens with zero attached hydrogens (tertiary/aromatic N) is 3. The van der Waals surface area contributed by atoms with Crippen LogP contribution in [0.1, 0.15) is 19.8 Å². The van der Waals surface area contributed by atoms with Gasteiger partial charge in [-0.05, 0) is 37.6 Å². The normalized spacial score (nSPS) is 17.3. The predicted molar refractivity (Wildman–Crippen MR) is 133 cm³/mol. The van der Waals surface area contributed by atoms with Crippen molar-refractivity contribution in [1.82, 2.24) is 14.9 Å². The molecule has 10 heteroatoms. The molecule has 1 saturated heterocycles. The van der Waals surface area contributed by atoms with Crippen molar-refractivity contribution in [3.8, 4) is 11.5 Å². The summed E-state index contributed by atoms with van der Waals surface area (Å²) < 4.78 is 30.9. The highest BCUT2D eigenvalue weighted by Gasteiger charge is 2.21. The van der Waals surface area contributed by atoms with Crippen LogP contribution in [-0.4, -0.2) is 72.1 Å². The van der Waals surface area contributed by atoms with Crippen LogP contribution in [0.2, 0.25) is 5.02 Å². The van der Waals surface area contributed by atoms with Crippen molar-refractivity contribution in [3.63, 3.8) is 0 Å². The van der Waals surface area contributed by atoms with E-state index in [0.717, 1.165) is 31.4 Å². The quantitative estimate of drug-likeness (QED) is 0.392. The Kier molecular flexibility index (Phi) is 8.56. The third-order valence-corrected chi connectivity index (χ3v) is 6.10. The number of hydrogen-bond donors (Lipinski definition) is 2. The average molecular weight is 505 g/mol. The predicted octanol–water partition coefficient (Wildman–Crippen LogP) is 4.42. The third kappa shape index (κ3) is 6.70. The van der Waals surface area contributed by atoms with Crippen LogP contribution in [0.4, 0.5) is 15.9 Å². The Bertz CT molecular complexity index is 1150. The maximum Gasteiger partial charge on any atom is 0.162 e. The average Bonchev–Trinajstić information content (AvgIpc) is 2.84. The number of aliphatic hydroxyl groups excluding tert-OH is 1. The molecule has 188 valence electrons. The molecule has 1 aliphatic heterocycles. The van der Waals surface area contributed by atoms with Crippen LogP contribution in [0.5, 0.6) is 11.5 Å². The fraction of sp³-hybridized carbons (Fsp3) is 0.440. The molecule has 0 radical (unpaired) electrons. The van der Waals surface area contributed by atoms with Gasteiger partial charge in [-0.2, -0.15) is 0 Å². The summed E-state index contributed by atoms with van der Waals surface area (Å²) in [5, 5.41) is 13.5. The Hall–Kier alpha value is -2.72. The molecule has 2 aromatic carbocycles. The molecule has 1 aliphatic rings. The van der Waals surface area contributed by atoms with E-state index in [1.807, 2.05) is 6.07 Å². The first-order valence-corrected chi connectivity index (χ1v) is 12.0. The molecule has 2 N–H and O–H groups in total. The second-order valence-electron chi connectivity index (χ2n) is 8.58. The summed E-state index contributed by atoms with van der Waals surface area (Å²) in [5.74, 6) is 1.22. The van der Waals surface area contributed by atoms with Gasteiger partial charge in [0.15, 0.2) is 11.5 Å². The van der Waals surface area contributed by atoms with E-state index in [9.17, 15) is 9.50 Å². The van der Waals surface area contributed by atoms with E-state index in [1.54, 1.807) is 26.2 Å². The lowest BCUT2D eigenvalue weighted by atomic mass is 10.1. The maximum atomic E-state index is 13.5. The molecule has 1 fully saturated rings. The Morgan fingerprint density at radius 3 is 2.91 bits per heavy atom. The first kappa shape index (κ1) is 25.4. The fourth-order valence-corrected chi connectivity index (χ4v) is 4.30. The summed E-state index contributed by atoms with van der Waals surface area (Å²) >= 11 is 5.91. The lowest BCUT2D eigenvalue weighted by Gasteiger charge is -2.33. The third-order valence-electron chi connectivity index (χ3n) is 5.81. The lowest BCUT2D eigenvalue weighted by Crippen LogP contribution is -2.44. The number of fused-ring (bicyclic) bond motifs is 1. The van der Waals surface area contributed by atoms with Gasteiger partial charge in [-0.15, -0.1) is 0 Å². The first-order valence-electron chi connectivity index (χ1n) is 11.6. The second kappa shape index (κ2) is 11.8. The molecule has 3 aromatic rings. The number of ether oxygens (including phenoxy) is 3. The molecule has 1 unspecified atom stereocenters. The highest BCUT2D eigenvalue weighted by Crippen LogP contribution is 2.35. The summed E-state index contributed by atoms with van der Waals surface area (Å²) in [5.41, 5.74) is 1.28. The van der Waals surface area contributed by atoms with Gasteiger partial charge in [0, 0.05) is 43.2 Å². The van der Waals surface area contributed by atoms with Gasteiger partial charge >= 0.3 is 0 Å². The molecule has 35 heavy (non-hydrogen) atoms. The van der Waals surface area contributed by atoms with Gasteiger partial charge in [0.05, 0.1) is 43.1 Å². The van der Waals surface area contributed by atoms with Gasteiger partial charge in [0.25, 0.3) is 0 Å². The minimum Gasteiger partial charge on any atom is -0.493 e. The van der Waals surface area contributed by atoms with Crippen molar-refractivity contribution in [2.75, 3.05) is 45.3 Å². The Morgan fingerprint density at radius 1 is 1.29 bits per heavy atom. The minimum absolute atomic E-state index is 0.0246. The Labute approximate surface area is 209 Å². The lowest BCUT2D eigenvalue weighted by molar-refractivity contribution is -0.0482. The molecule has 0 aliphatic carbocycles. The summed E-state index contributed by atoms with van der Waals surface area (Å²) in [6, 6.07) is 8.04. The van der Waals surface area contributed by atoms with Crippen LogP contribution in [0, 0.1) is 5.82 Å². The molecule has 1 aromatic heterocycles. The van der Waals surface area contributed by atoms with E-state index in [2.05, 4.69) is 20.2 Å². The van der Waals surface area contributed by atoms with Crippen LogP contribution in [0.15, 0.2) is 36.7 Å². The van der Waals surface area contributed by atoms with Crippen LogP contribution in [-0.2, 0) is 4.74 Å². The number of nitrogens with one attached hydrogen (secondary N) is 1. The standard InChI is InChI=1S/C25H30ClFN4O4/c1-16(32)10-18-14-31(7-9-34-18)6-3-8-35-24-12-19-22(13-23(24)33-2)28-15-29-25(19)30-17-4-5-21(27)20(26)11-17/h4-5,11-13,15-16,18,32H,3,6-10,14H2,1-2H3,(H,28,29,30)/t16?,18-/m1/s1. The molecule has 0 saturated carbocycles. The van der Waals surface area contributed by atoms with Crippen molar-refractivity contribution >= 4 is 34.0 Å². The second-order valence-corrected chi connectivity index (χ2v) is 8.98. The molecule has 8 nitrogen and oxygen atoms in total. The summed E-state index contributed by atoms with van der Waals surface area (Å²) in [6.07, 6.45) is 2.61. The van der Waals surface area contributed by atoms with Crippen LogP contribution in [0.25, 0.3) is 10.9 Å². The number of hydrogen-bond acceptors (Lipinski definition) is 8. The van der Waals surface area contributed by atoms with Gasteiger partial charge in [-0.1, -0.05) is 11.6 Å². The van der Waals surface area contributed by atoms with Gasteiger partial charge in [-0.3, -0.25) is 4.90 Å². The molecule has 0 bridgehead atoms. The molecular weight excluding hydrogens is 475 g/mol. The van der Waals surface area contributed by atoms with Gasteiger partial charge in [-0.25, -0.2) is 14.4 Å². The first-order chi connectivity index (χ1) is 16.9. The number of aromatic nitrogens is 2. The van der Waals surface area contributed by atoms with E-state index < -0.39 is 5.82 Å². The molecule has 0 spiro atoms. The van der Waals surface area contributed by atoms with Gasteiger partial charge in [0.1, 0.15) is 18.0 Å². The van der Waals surface area contributed by atoms with E-state index in [-0.39, 0.29) is 17.2 Å². The zero-order chi connectivity index (χ0) is 24.8. The van der Waals surface area contributed by atoms with Crippen molar-refractivity contribution in [2.45, 2.75) is 32.0 Å². The highest BCUT2D eigenvalue weighted by molar-refractivity contribution is 6.31. The SMILES string of the molecule is COc1cc2ncnc(Nc3ccc(F)c(Cl)c3)c2cc1OCCCN1CCO[C@H](CC(C)O)C1. The van der Waals surface area contributed by atoms with Gasteiger partial charge in [0.2, 0.25) is 0 Å². The number of rotatable bonds is 10. The number of anilines is 2. The van der Waals surface area contributed by atoms with E-state index in [0.29, 0.717) is 48.2 Å². The molecule has 2 atom stereocenters. The largest absolute Gasteiger partial charge is 0.493 e. The van der Waals surface area contributed by atoms with Gasteiger partial charge < -0.3 is 24.6 Å². The number of aliphatic hydroxyl groups is 1. The molecule has 2 heterocycles. The summed E-state index contributed by atoms with van der Waals surface area (Å²) in [4.78, 5) is 11.0. The van der Waals surface area contributed by atoms with Crippen LogP contribution >= 0.6 is 11.6 Å². The summed E-state index contributed by atoms with van der Waals surface area (Å²) in [7, 11) is 1.59. The van der Waals surface area contributed by atoms with Crippen molar-refractivity contribution < 1.29 is 23.7 Å². The van der Waals surface area contributed by atoms with Crippen molar-refractivity contribution in [2.24, 2.45) is 0 Å².